The lowest BCUT2D eigenvalue weighted by atomic mass is 10.0. The van der Waals surface area contributed by atoms with Crippen LogP contribution >= 0.6 is 22.6 Å². The molecule has 1 fully saturated rings. The Kier molecular flexibility index (Phi) is 4.14. The van der Waals surface area contributed by atoms with Gasteiger partial charge in [-0.1, -0.05) is 12.8 Å². The third-order valence-corrected chi connectivity index (χ3v) is 5.17. The molecule has 0 aromatic carbocycles. The smallest absolute Gasteiger partial charge is 0.165 e. The maximum absolute atomic E-state index is 4.90. The van der Waals surface area contributed by atoms with Crippen molar-refractivity contribution >= 4 is 28.4 Å². The number of rotatable bonds is 3. The Morgan fingerprint density at radius 2 is 2.00 bits per heavy atom. The number of aryl methyl sites for hydroxylation is 2. The number of nitrogens with one attached hydrogen (secondary N) is 1. The molecular formula is C15H20IN5. The molecule has 0 atom stereocenters. The first kappa shape index (κ1) is 14.7. The predicted octanol–water partition coefficient (Wildman–Crippen LogP) is 3.49. The summed E-state index contributed by atoms with van der Waals surface area (Å²) in [7, 11) is 3.85. The van der Waals surface area contributed by atoms with E-state index in [4.69, 9.17) is 4.98 Å². The molecule has 0 aliphatic heterocycles. The molecule has 112 valence electrons. The molecule has 0 radical (unpaired) electrons. The maximum atomic E-state index is 4.90. The molecular weight excluding hydrogens is 377 g/mol. The quantitative estimate of drug-likeness (QED) is 0.806. The molecule has 0 unspecified atom stereocenters. The zero-order valence-corrected chi connectivity index (χ0v) is 14.8. The van der Waals surface area contributed by atoms with Crippen molar-refractivity contribution in [3.8, 4) is 11.4 Å². The number of aromatic nitrogens is 4. The summed E-state index contributed by atoms with van der Waals surface area (Å²) in [5, 5.41) is 7.62. The molecule has 5 nitrogen and oxygen atoms in total. The molecule has 2 aromatic rings. The molecule has 0 amide bonds. The van der Waals surface area contributed by atoms with Gasteiger partial charge in [0.05, 0.1) is 20.5 Å². The van der Waals surface area contributed by atoms with Crippen molar-refractivity contribution in [2.24, 2.45) is 7.05 Å². The normalized spacial score (nSPS) is 15.6. The fourth-order valence-electron chi connectivity index (χ4n) is 3.04. The van der Waals surface area contributed by atoms with Gasteiger partial charge in [0.2, 0.25) is 0 Å². The Morgan fingerprint density at radius 3 is 2.57 bits per heavy atom. The van der Waals surface area contributed by atoms with E-state index in [9.17, 15) is 0 Å². The lowest BCUT2D eigenvalue weighted by Gasteiger charge is -2.15. The highest BCUT2D eigenvalue weighted by atomic mass is 127. The first-order chi connectivity index (χ1) is 10.1. The number of halogens is 1. The second kappa shape index (κ2) is 5.90. The zero-order valence-electron chi connectivity index (χ0n) is 12.6. The van der Waals surface area contributed by atoms with E-state index in [1.807, 2.05) is 31.9 Å². The standard InChI is InChI=1S/C15H20IN5/c1-9-11(8-21(3)20-9)14-18-13(10-6-4-5-7-10)12(16)15(17-2)19-14/h8,10H,4-7H2,1-3H3,(H,17,18,19). The van der Waals surface area contributed by atoms with Gasteiger partial charge in [-0.2, -0.15) is 5.10 Å². The molecule has 1 saturated carbocycles. The summed E-state index contributed by atoms with van der Waals surface area (Å²) < 4.78 is 2.98. The average molecular weight is 397 g/mol. The van der Waals surface area contributed by atoms with Crippen LogP contribution in [0.1, 0.15) is 43.0 Å². The van der Waals surface area contributed by atoms with Crippen LogP contribution < -0.4 is 5.32 Å². The summed E-state index contributed by atoms with van der Waals surface area (Å²) in [4.78, 5) is 9.58. The fourth-order valence-corrected chi connectivity index (χ4v) is 3.99. The largest absolute Gasteiger partial charge is 0.372 e. The minimum atomic E-state index is 0.572. The number of hydrogen-bond donors (Lipinski definition) is 1. The van der Waals surface area contributed by atoms with Gasteiger partial charge in [0.25, 0.3) is 0 Å². The molecule has 1 aliphatic rings. The molecule has 2 heterocycles. The summed E-state index contributed by atoms with van der Waals surface area (Å²) in [5.74, 6) is 2.28. The van der Waals surface area contributed by atoms with Crippen LogP contribution in [0, 0.1) is 10.5 Å². The average Bonchev–Trinajstić information content (AvgIpc) is 3.09. The van der Waals surface area contributed by atoms with Crippen molar-refractivity contribution in [3.05, 3.63) is 21.2 Å². The van der Waals surface area contributed by atoms with E-state index in [1.54, 1.807) is 0 Å². The molecule has 21 heavy (non-hydrogen) atoms. The topological polar surface area (TPSA) is 55.6 Å². The molecule has 2 aromatic heterocycles. The lowest BCUT2D eigenvalue weighted by molar-refractivity contribution is 0.691. The van der Waals surface area contributed by atoms with Crippen LogP contribution in [0.3, 0.4) is 0 Å². The molecule has 0 bridgehead atoms. The van der Waals surface area contributed by atoms with Gasteiger partial charge in [-0.3, -0.25) is 4.68 Å². The third-order valence-electron chi connectivity index (χ3n) is 4.11. The highest BCUT2D eigenvalue weighted by molar-refractivity contribution is 14.1. The first-order valence-corrected chi connectivity index (χ1v) is 8.44. The van der Waals surface area contributed by atoms with E-state index in [0.29, 0.717) is 5.92 Å². The molecule has 0 saturated heterocycles. The number of hydrogen-bond acceptors (Lipinski definition) is 4. The van der Waals surface area contributed by atoms with Gasteiger partial charge in [0, 0.05) is 26.2 Å². The van der Waals surface area contributed by atoms with Crippen molar-refractivity contribution in [1.29, 1.82) is 0 Å². The highest BCUT2D eigenvalue weighted by Crippen LogP contribution is 2.38. The molecule has 6 heteroatoms. The van der Waals surface area contributed by atoms with E-state index in [2.05, 4.69) is 38.0 Å². The van der Waals surface area contributed by atoms with Crippen molar-refractivity contribution in [2.75, 3.05) is 12.4 Å². The van der Waals surface area contributed by atoms with Crippen molar-refractivity contribution in [1.82, 2.24) is 19.7 Å². The third kappa shape index (κ3) is 2.77. The Morgan fingerprint density at radius 1 is 1.29 bits per heavy atom. The van der Waals surface area contributed by atoms with Crippen LogP contribution in [0.2, 0.25) is 0 Å². The Balaban J connectivity index is 2.12. The van der Waals surface area contributed by atoms with Gasteiger partial charge < -0.3 is 5.32 Å². The second-order valence-electron chi connectivity index (χ2n) is 5.63. The Bertz CT molecular complexity index is 658. The first-order valence-electron chi connectivity index (χ1n) is 7.36. The Labute approximate surface area is 138 Å². The van der Waals surface area contributed by atoms with Gasteiger partial charge in [-0.05, 0) is 42.4 Å². The van der Waals surface area contributed by atoms with E-state index in [1.165, 1.54) is 31.4 Å². The zero-order chi connectivity index (χ0) is 15.0. The molecule has 1 N–H and O–H groups in total. The van der Waals surface area contributed by atoms with Gasteiger partial charge in [-0.15, -0.1) is 0 Å². The highest BCUT2D eigenvalue weighted by Gasteiger charge is 2.24. The van der Waals surface area contributed by atoms with Crippen LogP contribution in [-0.2, 0) is 7.05 Å². The SMILES string of the molecule is CNc1nc(-c2cn(C)nc2C)nc(C2CCCC2)c1I. The minimum Gasteiger partial charge on any atom is -0.372 e. The number of anilines is 1. The summed E-state index contributed by atoms with van der Waals surface area (Å²) >= 11 is 2.37. The van der Waals surface area contributed by atoms with E-state index < -0.39 is 0 Å². The minimum absolute atomic E-state index is 0.572. The maximum Gasteiger partial charge on any atom is 0.165 e. The van der Waals surface area contributed by atoms with Gasteiger partial charge in [-0.25, -0.2) is 9.97 Å². The van der Waals surface area contributed by atoms with E-state index in [0.717, 1.165) is 26.5 Å². The van der Waals surface area contributed by atoms with Crippen molar-refractivity contribution in [3.63, 3.8) is 0 Å². The summed E-state index contributed by atoms with van der Waals surface area (Å²) in [5.41, 5.74) is 3.19. The van der Waals surface area contributed by atoms with Crippen molar-refractivity contribution < 1.29 is 0 Å². The lowest BCUT2D eigenvalue weighted by Crippen LogP contribution is -2.08. The van der Waals surface area contributed by atoms with E-state index in [-0.39, 0.29) is 0 Å². The molecule has 0 spiro atoms. The molecule has 1 aliphatic carbocycles. The van der Waals surface area contributed by atoms with Crippen LogP contribution in [0.4, 0.5) is 5.82 Å². The van der Waals surface area contributed by atoms with Crippen LogP contribution in [0.15, 0.2) is 6.20 Å². The summed E-state index contributed by atoms with van der Waals surface area (Å²) in [6, 6.07) is 0. The number of nitrogens with zero attached hydrogens (tertiary/aromatic N) is 4. The van der Waals surface area contributed by atoms with E-state index >= 15 is 0 Å². The monoisotopic (exact) mass is 397 g/mol. The van der Waals surface area contributed by atoms with Gasteiger partial charge >= 0.3 is 0 Å². The van der Waals surface area contributed by atoms with Gasteiger partial charge in [0.15, 0.2) is 5.82 Å². The van der Waals surface area contributed by atoms with Crippen molar-refractivity contribution in [2.45, 2.75) is 38.5 Å². The predicted molar refractivity (Wildman–Crippen MR) is 92.4 cm³/mol. The van der Waals surface area contributed by atoms with Crippen LogP contribution in [0.25, 0.3) is 11.4 Å². The fraction of sp³-hybridized carbons (Fsp3) is 0.533. The van der Waals surface area contributed by atoms with Gasteiger partial charge in [0.1, 0.15) is 5.82 Å². The van der Waals surface area contributed by atoms with Crippen LogP contribution in [-0.4, -0.2) is 26.8 Å². The summed E-state index contributed by atoms with van der Waals surface area (Å²) in [6.07, 6.45) is 7.08. The second-order valence-corrected chi connectivity index (χ2v) is 6.71. The van der Waals surface area contributed by atoms with Crippen LogP contribution in [0.5, 0.6) is 0 Å². The summed E-state index contributed by atoms with van der Waals surface area (Å²) in [6.45, 7) is 2.00. The molecule has 3 rings (SSSR count). The Hall–Kier alpha value is -1.18.